The zero-order chi connectivity index (χ0) is 12.1. The van der Waals surface area contributed by atoms with E-state index in [1.165, 1.54) is 6.92 Å². The van der Waals surface area contributed by atoms with Gasteiger partial charge in [0.25, 0.3) is 0 Å². The first-order valence-electron chi connectivity index (χ1n) is 5.17. The van der Waals surface area contributed by atoms with E-state index in [0.717, 1.165) is 0 Å². The molecule has 0 aromatic heterocycles. The molecule has 2 N–H and O–H groups in total. The highest BCUT2D eigenvalue weighted by Gasteiger charge is 2.58. The molecule has 92 valence electrons. The van der Waals surface area contributed by atoms with Gasteiger partial charge in [-0.05, 0) is 20.8 Å². The van der Waals surface area contributed by atoms with Gasteiger partial charge in [0.1, 0.15) is 11.7 Å². The molecule has 0 aromatic carbocycles. The highest BCUT2D eigenvalue weighted by Crippen LogP contribution is 2.35. The number of carbonyl (C=O) groups excluding carboxylic acids is 1. The van der Waals surface area contributed by atoms with Gasteiger partial charge in [-0.3, -0.25) is 0 Å². The smallest absolute Gasteiger partial charge is 0.338 e. The molecular formula is C10H16O6. The number of esters is 1. The molecule has 0 aliphatic carbocycles. The Balaban J connectivity index is 2.15. The van der Waals surface area contributed by atoms with Crippen LogP contribution in [0.4, 0.5) is 0 Å². The lowest BCUT2D eigenvalue weighted by Gasteiger charge is -2.28. The summed E-state index contributed by atoms with van der Waals surface area (Å²) in [6, 6.07) is 0. The quantitative estimate of drug-likeness (QED) is 0.574. The summed E-state index contributed by atoms with van der Waals surface area (Å²) in [5.74, 6) is -1.59. The van der Waals surface area contributed by atoms with Crippen molar-refractivity contribution in [2.75, 3.05) is 6.61 Å². The summed E-state index contributed by atoms with van der Waals surface area (Å²) < 4.78 is 15.7. The van der Waals surface area contributed by atoms with Gasteiger partial charge in [-0.15, -0.1) is 0 Å². The van der Waals surface area contributed by atoms with Crippen molar-refractivity contribution in [3.63, 3.8) is 0 Å². The summed E-state index contributed by atoms with van der Waals surface area (Å²) in [4.78, 5) is 11.2. The van der Waals surface area contributed by atoms with Crippen molar-refractivity contribution in [1.82, 2.24) is 0 Å². The number of rotatable bonds is 1. The molecule has 2 saturated heterocycles. The van der Waals surface area contributed by atoms with Crippen LogP contribution in [0.1, 0.15) is 20.8 Å². The van der Waals surface area contributed by atoms with Gasteiger partial charge in [0.15, 0.2) is 18.0 Å². The van der Waals surface area contributed by atoms with Crippen LogP contribution in [0.25, 0.3) is 0 Å². The largest absolute Gasteiger partial charge is 0.454 e. The van der Waals surface area contributed by atoms with Crippen molar-refractivity contribution >= 4 is 5.97 Å². The van der Waals surface area contributed by atoms with Gasteiger partial charge in [0.2, 0.25) is 0 Å². The van der Waals surface area contributed by atoms with Crippen LogP contribution in [0, 0.1) is 0 Å². The molecule has 16 heavy (non-hydrogen) atoms. The molecule has 0 saturated carbocycles. The van der Waals surface area contributed by atoms with E-state index in [2.05, 4.69) is 0 Å². The number of hydrogen-bond donors (Lipinski definition) is 2. The van der Waals surface area contributed by atoms with E-state index < -0.39 is 35.7 Å². The molecule has 2 aliphatic rings. The van der Waals surface area contributed by atoms with Gasteiger partial charge in [0.05, 0.1) is 6.61 Å². The van der Waals surface area contributed by atoms with Crippen LogP contribution in [0.3, 0.4) is 0 Å². The third kappa shape index (κ3) is 1.71. The molecule has 0 radical (unpaired) electrons. The minimum Gasteiger partial charge on any atom is -0.454 e. The monoisotopic (exact) mass is 232 g/mol. The van der Waals surface area contributed by atoms with Crippen LogP contribution in [-0.2, 0) is 19.0 Å². The maximum atomic E-state index is 11.2. The number of cyclic esters (lactones) is 1. The molecule has 2 aliphatic heterocycles. The fourth-order valence-corrected chi connectivity index (χ4v) is 2.02. The molecule has 0 aromatic rings. The molecule has 0 spiro atoms. The minimum atomic E-state index is -1.65. The Hall–Kier alpha value is -0.690. The standard InChI is InChI=1S/C10H16O6/c1-9(2)14-4-5(16-9)7-10(3,13)6(11)8(12)15-7/h5-7,11,13H,4H2,1-3H3/t5-,6+,7-,10-/m1/s1. The van der Waals surface area contributed by atoms with Crippen LogP contribution < -0.4 is 0 Å². The molecule has 2 rings (SSSR count). The SMILES string of the molecule is CC1(C)OC[C@H]([C@H]2OC(=O)[C@H](O)[C@@]2(C)O)O1. The lowest BCUT2D eigenvalue weighted by molar-refractivity contribution is -0.173. The van der Waals surface area contributed by atoms with Crippen LogP contribution in [0.2, 0.25) is 0 Å². The second-order valence-corrected chi connectivity index (χ2v) is 4.85. The molecule has 2 fully saturated rings. The van der Waals surface area contributed by atoms with E-state index in [4.69, 9.17) is 14.2 Å². The summed E-state index contributed by atoms with van der Waals surface area (Å²) >= 11 is 0. The maximum Gasteiger partial charge on any atom is 0.338 e. The lowest BCUT2D eigenvalue weighted by Crippen LogP contribution is -2.50. The van der Waals surface area contributed by atoms with Crippen molar-refractivity contribution < 1.29 is 29.2 Å². The van der Waals surface area contributed by atoms with Crippen molar-refractivity contribution in [1.29, 1.82) is 0 Å². The Morgan fingerprint density at radius 3 is 2.38 bits per heavy atom. The Morgan fingerprint density at radius 2 is 2.00 bits per heavy atom. The zero-order valence-corrected chi connectivity index (χ0v) is 9.47. The van der Waals surface area contributed by atoms with E-state index in [1.54, 1.807) is 13.8 Å². The summed E-state index contributed by atoms with van der Waals surface area (Å²) in [5, 5.41) is 19.5. The Bertz CT molecular complexity index is 310. The van der Waals surface area contributed by atoms with Crippen LogP contribution in [0.15, 0.2) is 0 Å². The van der Waals surface area contributed by atoms with E-state index >= 15 is 0 Å². The average molecular weight is 232 g/mol. The molecule has 0 bridgehead atoms. The molecule has 0 unspecified atom stereocenters. The van der Waals surface area contributed by atoms with Crippen LogP contribution in [0.5, 0.6) is 0 Å². The lowest BCUT2D eigenvalue weighted by atomic mass is 9.92. The first kappa shape index (κ1) is 11.8. The van der Waals surface area contributed by atoms with Gasteiger partial charge in [0, 0.05) is 0 Å². The van der Waals surface area contributed by atoms with E-state index in [0.29, 0.717) is 0 Å². The Morgan fingerprint density at radius 1 is 1.38 bits per heavy atom. The third-order valence-electron chi connectivity index (χ3n) is 2.96. The van der Waals surface area contributed by atoms with E-state index in [-0.39, 0.29) is 6.61 Å². The van der Waals surface area contributed by atoms with E-state index in [9.17, 15) is 15.0 Å². The second kappa shape index (κ2) is 3.40. The van der Waals surface area contributed by atoms with Gasteiger partial charge in [-0.2, -0.15) is 0 Å². The van der Waals surface area contributed by atoms with Gasteiger partial charge < -0.3 is 24.4 Å². The number of aliphatic hydroxyl groups is 2. The number of carbonyl (C=O) groups is 1. The Labute approximate surface area is 93.1 Å². The minimum absolute atomic E-state index is 0.216. The predicted octanol–water partition coefficient (Wildman–Crippen LogP) is -0.825. The van der Waals surface area contributed by atoms with Gasteiger partial charge >= 0.3 is 5.97 Å². The third-order valence-corrected chi connectivity index (χ3v) is 2.96. The van der Waals surface area contributed by atoms with Gasteiger partial charge in [-0.1, -0.05) is 0 Å². The molecule has 4 atom stereocenters. The molecule has 0 amide bonds. The number of aliphatic hydroxyl groups excluding tert-OH is 1. The fourth-order valence-electron chi connectivity index (χ4n) is 2.02. The summed E-state index contributed by atoms with van der Waals surface area (Å²) in [6.45, 7) is 5.03. The Kier molecular flexibility index (Phi) is 2.50. The second-order valence-electron chi connectivity index (χ2n) is 4.85. The molecule has 2 heterocycles. The average Bonchev–Trinajstić information content (AvgIpc) is 2.60. The van der Waals surface area contributed by atoms with Crippen LogP contribution >= 0.6 is 0 Å². The number of ether oxygens (including phenoxy) is 3. The molecule has 6 heteroatoms. The van der Waals surface area contributed by atoms with Crippen molar-refractivity contribution in [2.45, 2.75) is 50.5 Å². The number of hydrogen-bond acceptors (Lipinski definition) is 6. The van der Waals surface area contributed by atoms with E-state index in [1.807, 2.05) is 0 Å². The molecular weight excluding hydrogens is 216 g/mol. The highest BCUT2D eigenvalue weighted by molar-refractivity contribution is 5.79. The van der Waals surface area contributed by atoms with Crippen LogP contribution in [-0.4, -0.2) is 52.5 Å². The van der Waals surface area contributed by atoms with Crippen molar-refractivity contribution in [3.8, 4) is 0 Å². The normalized spacial score (nSPS) is 47.1. The maximum absolute atomic E-state index is 11.2. The summed E-state index contributed by atoms with van der Waals surface area (Å²) in [7, 11) is 0. The van der Waals surface area contributed by atoms with Crippen molar-refractivity contribution in [3.05, 3.63) is 0 Å². The summed E-state index contributed by atoms with van der Waals surface area (Å²) in [5.41, 5.74) is -1.65. The first-order chi connectivity index (χ1) is 7.24. The highest BCUT2D eigenvalue weighted by atomic mass is 16.8. The zero-order valence-electron chi connectivity index (χ0n) is 9.47. The predicted molar refractivity (Wildman–Crippen MR) is 51.4 cm³/mol. The summed E-state index contributed by atoms with van der Waals surface area (Å²) in [6.07, 6.45) is -3.01. The molecule has 6 nitrogen and oxygen atoms in total. The first-order valence-corrected chi connectivity index (χ1v) is 5.17. The topological polar surface area (TPSA) is 85.2 Å². The van der Waals surface area contributed by atoms with Crippen molar-refractivity contribution in [2.24, 2.45) is 0 Å². The van der Waals surface area contributed by atoms with Gasteiger partial charge in [-0.25, -0.2) is 4.79 Å². The fraction of sp³-hybridized carbons (Fsp3) is 0.900.